The van der Waals surface area contributed by atoms with Crippen LogP contribution in [0.3, 0.4) is 0 Å². The summed E-state index contributed by atoms with van der Waals surface area (Å²) in [5.41, 5.74) is 4.64. The lowest BCUT2D eigenvalue weighted by Gasteiger charge is -2.33. The van der Waals surface area contributed by atoms with Gasteiger partial charge in [0, 0.05) is 53.7 Å². The molecule has 2 aromatic heterocycles. The van der Waals surface area contributed by atoms with E-state index in [0.29, 0.717) is 13.2 Å². The van der Waals surface area contributed by atoms with Gasteiger partial charge in [0.25, 0.3) is 0 Å². The SMILES string of the molecule is CCOC(=O)C1CCCN(c2c[nH]cc2-c2c[nH]c3ccccc23)C1. The number of esters is 1. The molecule has 1 aliphatic rings. The molecule has 1 saturated heterocycles. The molecule has 25 heavy (non-hydrogen) atoms. The van der Waals surface area contributed by atoms with Gasteiger partial charge < -0.3 is 19.6 Å². The van der Waals surface area contributed by atoms with Crippen molar-refractivity contribution in [2.24, 2.45) is 5.92 Å². The molecule has 5 nitrogen and oxygen atoms in total. The first-order valence-electron chi connectivity index (χ1n) is 8.92. The van der Waals surface area contributed by atoms with Crippen molar-refractivity contribution >= 4 is 22.6 Å². The topological polar surface area (TPSA) is 61.1 Å². The third-order valence-corrected chi connectivity index (χ3v) is 4.99. The van der Waals surface area contributed by atoms with Crippen LogP contribution in [0.4, 0.5) is 5.69 Å². The second-order valence-corrected chi connectivity index (χ2v) is 6.54. The molecule has 0 amide bonds. The first-order valence-corrected chi connectivity index (χ1v) is 8.92. The van der Waals surface area contributed by atoms with Gasteiger partial charge >= 0.3 is 5.97 Å². The molecule has 1 fully saturated rings. The summed E-state index contributed by atoms with van der Waals surface area (Å²) in [4.78, 5) is 21.0. The van der Waals surface area contributed by atoms with Crippen LogP contribution in [0.25, 0.3) is 22.0 Å². The summed E-state index contributed by atoms with van der Waals surface area (Å²) in [6.45, 7) is 3.98. The molecular formula is C20H23N3O2. The number of hydrogen-bond donors (Lipinski definition) is 2. The summed E-state index contributed by atoms with van der Waals surface area (Å²) in [6, 6.07) is 8.32. The summed E-state index contributed by atoms with van der Waals surface area (Å²) in [5, 5.41) is 1.21. The Morgan fingerprint density at radius 2 is 2.12 bits per heavy atom. The molecule has 1 aliphatic heterocycles. The molecule has 0 saturated carbocycles. The highest BCUT2D eigenvalue weighted by Gasteiger charge is 2.28. The zero-order valence-corrected chi connectivity index (χ0v) is 14.4. The van der Waals surface area contributed by atoms with E-state index < -0.39 is 0 Å². The van der Waals surface area contributed by atoms with E-state index in [9.17, 15) is 4.79 Å². The van der Waals surface area contributed by atoms with E-state index in [1.807, 2.05) is 25.4 Å². The molecule has 1 aromatic carbocycles. The van der Waals surface area contributed by atoms with Crippen LogP contribution in [0.5, 0.6) is 0 Å². The number of H-pyrrole nitrogens is 2. The van der Waals surface area contributed by atoms with Crippen LogP contribution in [0, 0.1) is 5.92 Å². The fraction of sp³-hybridized carbons (Fsp3) is 0.350. The molecule has 2 N–H and O–H groups in total. The molecule has 4 rings (SSSR count). The van der Waals surface area contributed by atoms with Crippen LogP contribution in [0.2, 0.25) is 0 Å². The zero-order valence-electron chi connectivity index (χ0n) is 14.4. The van der Waals surface area contributed by atoms with Crippen molar-refractivity contribution < 1.29 is 9.53 Å². The second kappa shape index (κ2) is 6.67. The van der Waals surface area contributed by atoms with Crippen molar-refractivity contribution in [2.45, 2.75) is 19.8 Å². The van der Waals surface area contributed by atoms with Crippen molar-refractivity contribution in [3.63, 3.8) is 0 Å². The number of benzene rings is 1. The minimum Gasteiger partial charge on any atom is -0.466 e. The smallest absolute Gasteiger partial charge is 0.310 e. The number of hydrogen-bond acceptors (Lipinski definition) is 3. The molecule has 1 unspecified atom stereocenters. The standard InChI is InChI=1S/C20H23N3O2/c1-2-25-20(24)14-6-5-9-23(13-14)19-12-21-10-17(19)16-11-22-18-8-4-3-7-15(16)18/h3-4,7-8,10-12,14,21-22H,2,5-6,9,13H2,1H3. The normalized spacial score (nSPS) is 17.8. The van der Waals surface area contributed by atoms with Crippen LogP contribution < -0.4 is 4.90 Å². The number of nitrogens with zero attached hydrogens (tertiary/aromatic N) is 1. The Labute approximate surface area is 147 Å². The number of aromatic nitrogens is 2. The highest BCUT2D eigenvalue weighted by molar-refractivity contribution is 5.98. The summed E-state index contributed by atoms with van der Waals surface area (Å²) in [6.07, 6.45) is 8.04. The average molecular weight is 337 g/mol. The van der Waals surface area contributed by atoms with Gasteiger partial charge in [-0.2, -0.15) is 0 Å². The Bertz CT molecular complexity index is 880. The van der Waals surface area contributed by atoms with Gasteiger partial charge in [-0.25, -0.2) is 0 Å². The second-order valence-electron chi connectivity index (χ2n) is 6.54. The number of para-hydroxylation sites is 1. The number of ether oxygens (including phenoxy) is 1. The van der Waals surface area contributed by atoms with Crippen LogP contribution in [0.15, 0.2) is 42.9 Å². The maximum atomic E-state index is 12.1. The van der Waals surface area contributed by atoms with Gasteiger partial charge in [0.2, 0.25) is 0 Å². The van der Waals surface area contributed by atoms with Crippen molar-refractivity contribution in [1.82, 2.24) is 9.97 Å². The Morgan fingerprint density at radius 1 is 1.24 bits per heavy atom. The fourth-order valence-corrected chi connectivity index (χ4v) is 3.78. The van der Waals surface area contributed by atoms with Crippen LogP contribution in [-0.4, -0.2) is 35.6 Å². The number of piperidine rings is 1. The number of nitrogens with one attached hydrogen (secondary N) is 2. The number of carbonyl (C=O) groups excluding carboxylic acids is 1. The lowest BCUT2D eigenvalue weighted by molar-refractivity contribution is -0.148. The maximum absolute atomic E-state index is 12.1. The molecule has 1 atom stereocenters. The summed E-state index contributed by atoms with van der Waals surface area (Å²) >= 11 is 0. The van der Waals surface area contributed by atoms with Crippen molar-refractivity contribution in [2.75, 3.05) is 24.6 Å². The maximum Gasteiger partial charge on any atom is 0.310 e. The monoisotopic (exact) mass is 337 g/mol. The summed E-state index contributed by atoms with van der Waals surface area (Å²) in [5.74, 6) is -0.115. The molecule has 0 aliphatic carbocycles. The van der Waals surface area contributed by atoms with Crippen LogP contribution in [0.1, 0.15) is 19.8 Å². The largest absolute Gasteiger partial charge is 0.466 e. The lowest BCUT2D eigenvalue weighted by Crippen LogP contribution is -2.39. The van der Waals surface area contributed by atoms with E-state index in [1.165, 1.54) is 16.5 Å². The molecular weight excluding hydrogens is 314 g/mol. The van der Waals surface area contributed by atoms with Gasteiger partial charge in [0.1, 0.15) is 0 Å². The highest BCUT2D eigenvalue weighted by Crippen LogP contribution is 2.37. The Morgan fingerprint density at radius 3 is 3.00 bits per heavy atom. The number of rotatable bonds is 4. The lowest BCUT2D eigenvalue weighted by atomic mass is 9.97. The van der Waals surface area contributed by atoms with Gasteiger partial charge in [-0.3, -0.25) is 4.79 Å². The van der Waals surface area contributed by atoms with Crippen molar-refractivity contribution in [3.05, 3.63) is 42.9 Å². The van der Waals surface area contributed by atoms with E-state index in [0.717, 1.165) is 30.6 Å². The van der Waals surface area contributed by atoms with Gasteiger partial charge in [-0.05, 0) is 25.8 Å². The van der Waals surface area contributed by atoms with Gasteiger partial charge in [-0.15, -0.1) is 0 Å². The molecule has 5 heteroatoms. The molecule has 0 spiro atoms. The van der Waals surface area contributed by atoms with E-state index >= 15 is 0 Å². The summed E-state index contributed by atoms with van der Waals surface area (Å²) < 4.78 is 5.23. The highest BCUT2D eigenvalue weighted by atomic mass is 16.5. The van der Waals surface area contributed by atoms with Crippen molar-refractivity contribution in [3.8, 4) is 11.1 Å². The first kappa shape index (κ1) is 15.8. The summed E-state index contributed by atoms with van der Waals surface area (Å²) in [7, 11) is 0. The van der Waals surface area contributed by atoms with E-state index in [-0.39, 0.29) is 11.9 Å². The number of fused-ring (bicyclic) bond motifs is 1. The minimum absolute atomic E-state index is 0.0422. The zero-order chi connectivity index (χ0) is 17.2. The Balaban J connectivity index is 1.64. The fourth-order valence-electron chi connectivity index (χ4n) is 3.78. The Hall–Kier alpha value is -2.69. The quantitative estimate of drug-likeness (QED) is 0.709. The number of aromatic amines is 2. The van der Waals surface area contributed by atoms with Crippen LogP contribution >= 0.6 is 0 Å². The third kappa shape index (κ3) is 2.90. The first-order chi connectivity index (χ1) is 12.3. The van der Waals surface area contributed by atoms with Gasteiger partial charge in [0.15, 0.2) is 0 Å². The Kier molecular flexibility index (Phi) is 4.22. The van der Waals surface area contributed by atoms with Crippen molar-refractivity contribution in [1.29, 1.82) is 0 Å². The number of anilines is 1. The molecule has 3 heterocycles. The predicted molar refractivity (Wildman–Crippen MR) is 99.7 cm³/mol. The molecule has 0 radical (unpaired) electrons. The van der Waals surface area contributed by atoms with Gasteiger partial charge in [-0.1, -0.05) is 18.2 Å². The molecule has 130 valence electrons. The predicted octanol–water partition coefficient (Wildman–Crippen LogP) is 3.94. The molecule has 3 aromatic rings. The minimum atomic E-state index is -0.0728. The van der Waals surface area contributed by atoms with E-state index in [4.69, 9.17) is 4.74 Å². The van der Waals surface area contributed by atoms with Crippen LogP contribution in [-0.2, 0) is 9.53 Å². The van der Waals surface area contributed by atoms with E-state index in [2.05, 4.69) is 39.3 Å². The van der Waals surface area contributed by atoms with E-state index in [1.54, 1.807) is 0 Å². The third-order valence-electron chi connectivity index (χ3n) is 4.99. The average Bonchev–Trinajstić information content (AvgIpc) is 3.28. The number of carbonyl (C=O) groups is 1. The van der Waals surface area contributed by atoms with Gasteiger partial charge in [0.05, 0.1) is 18.2 Å². The molecule has 0 bridgehead atoms.